The average Bonchev–Trinajstić information content (AvgIpc) is 2.72. The summed E-state index contributed by atoms with van der Waals surface area (Å²) in [6.45, 7) is 7.49. The van der Waals surface area contributed by atoms with Crippen molar-refractivity contribution in [1.29, 1.82) is 0 Å². The fourth-order valence-corrected chi connectivity index (χ4v) is 3.57. The minimum Gasteiger partial charge on any atom is -0.341 e. The van der Waals surface area contributed by atoms with Crippen molar-refractivity contribution in [3.05, 3.63) is 0 Å². The van der Waals surface area contributed by atoms with E-state index in [9.17, 15) is 4.79 Å². The number of hydrogen-bond donors (Lipinski definition) is 1. The molecule has 2 aliphatic rings. The molecule has 3 heteroatoms. The van der Waals surface area contributed by atoms with Crippen molar-refractivity contribution in [3.8, 4) is 0 Å². The quantitative estimate of drug-likeness (QED) is 0.852. The summed E-state index contributed by atoms with van der Waals surface area (Å²) < 4.78 is 0. The molecule has 2 rings (SSSR count). The molecule has 0 aliphatic carbocycles. The summed E-state index contributed by atoms with van der Waals surface area (Å²) in [5, 5.41) is 3.43. The molecule has 1 amide bonds. The highest BCUT2D eigenvalue weighted by Gasteiger charge is 2.30. The monoisotopic (exact) mass is 266 g/mol. The van der Waals surface area contributed by atoms with Crippen molar-refractivity contribution in [2.75, 3.05) is 19.6 Å². The van der Waals surface area contributed by atoms with Crippen LogP contribution in [0.1, 0.15) is 58.8 Å². The number of carbonyl (C=O) groups excluding carboxylic acids is 1. The predicted molar refractivity (Wildman–Crippen MR) is 79.0 cm³/mol. The van der Waals surface area contributed by atoms with Gasteiger partial charge in [-0.05, 0) is 50.5 Å². The maximum absolute atomic E-state index is 12.6. The fraction of sp³-hybridized carbons (Fsp3) is 0.938. The molecule has 0 saturated carbocycles. The third-order valence-corrected chi connectivity index (χ3v) is 5.12. The number of amides is 1. The summed E-state index contributed by atoms with van der Waals surface area (Å²) in [5.74, 6) is 1.95. The number of nitrogens with one attached hydrogen (secondary N) is 1. The van der Waals surface area contributed by atoms with Gasteiger partial charge in [0.1, 0.15) is 0 Å². The summed E-state index contributed by atoms with van der Waals surface area (Å²) in [7, 11) is 0. The Kier molecular flexibility index (Phi) is 5.68. The van der Waals surface area contributed by atoms with Gasteiger partial charge in [-0.3, -0.25) is 4.79 Å². The first-order valence-corrected chi connectivity index (χ1v) is 8.26. The molecule has 0 spiro atoms. The Morgan fingerprint density at radius 1 is 1.11 bits per heavy atom. The van der Waals surface area contributed by atoms with Gasteiger partial charge in [0.05, 0.1) is 6.04 Å². The number of rotatable bonds is 3. The second kappa shape index (κ2) is 7.28. The van der Waals surface area contributed by atoms with E-state index in [1.54, 1.807) is 0 Å². The third-order valence-electron chi connectivity index (χ3n) is 5.12. The van der Waals surface area contributed by atoms with Gasteiger partial charge in [0.15, 0.2) is 0 Å². The van der Waals surface area contributed by atoms with Crippen molar-refractivity contribution < 1.29 is 4.79 Å². The maximum Gasteiger partial charge on any atom is 0.239 e. The molecule has 2 saturated heterocycles. The van der Waals surface area contributed by atoms with Gasteiger partial charge < -0.3 is 10.2 Å². The summed E-state index contributed by atoms with van der Waals surface area (Å²) in [4.78, 5) is 14.8. The second-order valence-electron chi connectivity index (χ2n) is 6.34. The van der Waals surface area contributed by atoms with Crippen LogP contribution in [0.3, 0.4) is 0 Å². The first-order chi connectivity index (χ1) is 9.24. The molecular formula is C16H30N2O. The van der Waals surface area contributed by atoms with Gasteiger partial charge in [-0.25, -0.2) is 0 Å². The zero-order chi connectivity index (χ0) is 13.7. The summed E-state index contributed by atoms with van der Waals surface area (Å²) in [5.41, 5.74) is 0. The van der Waals surface area contributed by atoms with Crippen molar-refractivity contribution in [3.63, 3.8) is 0 Å². The fourth-order valence-electron chi connectivity index (χ4n) is 3.57. The predicted octanol–water partition coefficient (Wildman–Crippen LogP) is 2.80. The number of carbonyl (C=O) groups is 1. The highest BCUT2D eigenvalue weighted by molar-refractivity contribution is 5.82. The first kappa shape index (κ1) is 14.8. The largest absolute Gasteiger partial charge is 0.341 e. The van der Waals surface area contributed by atoms with Crippen LogP contribution in [0, 0.1) is 11.8 Å². The van der Waals surface area contributed by atoms with Crippen molar-refractivity contribution in [2.24, 2.45) is 11.8 Å². The van der Waals surface area contributed by atoms with Gasteiger partial charge in [-0.15, -0.1) is 0 Å². The van der Waals surface area contributed by atoms with E-state index < -0.39 is 0 Å². The maximum atomic E-state index is 12.6. The summed E-state index contributed by atoms with van der Waals surface area (Å²) in [6.07, 6.45) is 8.45. The van der Waals surface area contributed by atoms with E-state index in [4.69, 9.17) is 0 Å². The van der Waals surface area contributed by atoms with Gasteiger partial charge in [0, 0.05) is 13.1 Å². The van der Waals surface area contributed by atoms with E-state index in [1.807, 2.05) is 0 Å². The molecule has 2 aliphatic heterocycles. The highest BCUT2D eigenvalue weighted by atomic mass is 16.2. The molecule has 0 aromatic heterocycles. The highest BCUT2D eigenvalue weighted by Crippen LogP contribution is 2.23. The minimum atomic E-state index is 0.0943. The van der Waals surface area contributed by atoms with Gasteiger partial charge in [-0.1, -0.05) is 26.7 Å². The minimum absolute atomic E-state index is 0.0943. The average molecular weight is 266 g/mol. The Hall–Kier alpha value is -0.570. The van der Waals surface area contributed by atoms with Gasteiger partial charge in [0.25, 0.3) is 0 Å². The molecule has 2 heterocycles. The van der Waals surface area contributed by atoms with E-state index in [0.717, 1.165) is 37.9 Å². The Morgan fingerprint density at radius 3 is 2.63 bits per heavy atom. The normalized spacial score (nSPS) is 32.9. The number of piperidine rings is 1. The summed E-state index contributed by atoms with van der Waals surface area (Å²) >= 11 is 0. The van der Waals surface area contributed by atoms with E-state index >= 15 is 0 Å². The molecule has 2 fully saturated rings. The van der Waals surface area contributed by atoms with E-state index in [-0.39, 0.29) is 6.04 Å². The topological polar surface area (TPSA) is 32.3 Å². The molecule has 3 nitrogen and oxygen atoms in total. The van der Waals surface area contributed by atoms with E-state index in [2.05, 4.69) is 24.1 Å². The Balaban J connectivity index is 1.88. The number of likely N-dealkylation sites (tertiary alicyclic amines) is 1. The Bertz CT molecular complexity index is 292. The number of hydrogen-bond acceptors (Lipinski definition) is 2. The van der Waals surface area contributed by atoms with Gasteiger partial charge in [0.2, 0.25) is 5.91 Å². The molecule has 1 N–H and O–H groups in total. The van der Waals surface area contributed by atoms with Crippen molar-refractivity contribution in [2.45, 2.75) is 64.8 Å². The molecule has 110 valence electrons. The molecule has 19 heavy (non-hydrogen) atoms. The molecule has 0 aromatic carbocycles. The zero-order valence-corrected chi connectivity index (χ0v) is 12.7. The number of nitrogens with zero attached hydrogens (tertiary/aromatic N) is 1. The molecule has 0 radical (unpaired) electrons. The lowest BCUT2D eigenvalue weighted by molar-refractivity contribution is -0.134. The van der Waals surface area contributed by atoms with Crippen LogP contribution in [-0.4, -0.2) is 36.5 Å². The molecular weight excluding hydrogens is 236 g/mol. The summed E-state index contributed by atoms with van der Waals surface area (Å²) in [6, 6.07) is 0.0943. The van der Waals surface area contributed by atoms with Crippen LogP contribution < -0.4 is 5.32 Å². The van der Waals surface area contributed by atoms with E-state index in [1.165, 1.54) is 38.5 Å². The molecule has 0 bridgehead atoms. The van der Waals surface area contributed by atoms with Crippen LogP contribution in [0.15, 0.2) is 0 Å². The zero-order valence-electron chi connectivity index (χ0n) is 12.7. The van der Waals surface area contributed by atoms with Crippen LogP contribution >= 0.6 is 0 Å². The second-order valence-corrected chi connectivity index (χ2v) is 6.34. The van der Waals surface area contributed by atoms with Gasteiger partial charge >= 0.3 is 0 Å². The first-order valence-electron chi connectivity index (χ1n) is 8.26. The van der Waals surface area contributed by atoms with Crippen LogP contribution in [0.2, 0.25) is 0 Å². The van der Waals surface area contributed by atoms with Crippen molar-refractivity contribution in [1.82, 2.24) is 10.2 Å². The van der Waals surface area contributed by atoms with Gasteiger partial charge in [-0.2, -0.15) is 0 Å². The molecule has 3 atom stereocenters. The Morgan fingerprint density at radius 2 is 1.89 bits per heavy atom. The molecule has 3 unspecified atom stereocenters. The van der Waals surface area contributed by atoms with Crippen LogP contribution in [0.5, 0.6) is 0 Å². The lowest BCUT2D eigenvalue weighted by atomic mass is 9.90. The standard InChI is InChI=1S/C16H30N2O/c1-3-13-6-5-10-18(11-8-13)16(19)15-12-14(4-2)7-9-17-15/h13-15,17H,3-12H2,1-2H3. The van der Waals surface area contributed by atoms with Crippen LogP contribution in [0.4, 0.5) is 0 Å². The van der Waals surface area contributed by atoms with Crippen molar-refractivity contribution >= 4 is 5.91 Å². The lowest BCUT2D eigenvalue weighted by Gasteiger charge is -2.32. The van der Waals surface area contributed by atoms with E-state index in [0.29, 0.717) is 5.91 Å². The Labute approximate surface area is 118 Å². The lowest BCUT2D eigenvalue weighted by Crippen LogP contribution is -2.50. The van der Waals surface area contributed by atoms with Crippen LogP contribution in [0.25, 0.3) is 0 Å². The van der Waals surface area contributed by atoms with Crippen LogP contribution in [-0.2, 0) is 4.79 Å². The third kappa shape index (κ3) is 3.95. The molecule has 0 aromatic rings. The SMILES string of the molecule is CCC1CCCN(C(=O)C2CC(CC)CCN2)CC1. The smallest absolute Gasteiger partial charge is 0.239 e.